The highest BCUT2D eigenvalue weighted by Crippen LogP contribution is 2.17. The van der Waals surface area contributed by atoms with Gasteiger partial charge in [-0.2, -0.15) is 4.98 Å². The lowest BCUT2D eigenvalue weighted by atomic mass is 10.2. The van der Waals surface area contributed by atoms with Crippen molar-refractivity contribution in [2.45, 2.75) is 13.5 Å². The van der Waals surface area contributed by atoms with Crippen LogP contribution >= 0.6 is 11.6 Å². The molecule has 0 radical (unpaired) electrons. The molecule has 18 heavy (non-hydrogen) atoms. The van der Waals surface area contributed by atoms with E-state index < -0.39 is 11.3 Å². The Hall–Kier alpha value is -2.15. The highest BCUT2D eigenvalue weighted by molar-refractivity contribution is 6.28. The first-order valence-corrected chi connectivity index (χ1v) is 5.49. The third-order valence-electron chi connectivity index (χ3n) is 2.58. The average Bonchev–Trinajstić information content (AvgIpc) is 2.28. The van der Waals surface area contributed by atoms with Crippen LogP contribution in [0.25, 0.3) is 11.0 Å². The molecule has 0 aliphatic heterocycles. The summed E-state index contributed by atoms with van der Waals surface area (Å²) in [5.74, 6) is -0.895. The number of aryl methyl sites for hydroxylation is 1. The van der Waals surface area contributed by atoms with Crippen molar-refractivity contribution in [1.82, 2.24) is 14.5 Å². The van der Waals surface area contributed by atoms with Crippen LogP contribution in [0.4, 0.5) is 5.82 Å². The van der Waals surface area contributed by atoms with Gasteiger partial charge in [0.05, 0.1) is 5.39 Å². The molecule has 0 unspecified atom stereocenters. The fourth-order valence-corrected chi connectivity index (χ4v) is 1.91. The van der Waals surface area contributed by atoms with E-state index >= 15 is 0 Å². The molecule has 2 aromatic rings. The topological polar surface area (TPSA) is 117 Å². The van der Waals surface area contributed by atoms with E-state index in [0.29, 0.717) is 6.54 Å². The van der Waals surface area contributed by atoms with Gasteiger partial charge in [0.2, 0.25) is 10.7 Å². The van der Waals surface area contributed by atoms with E-state index in [1.165, 1.54) is 10.8 Å². The molecule has 0 fully saturated rings. The van der Waals surface area contributed by atoms with Gasteiger partial charge in [-0.05, 0) is 18.5 Å². The molecule has 0 spiro atoms. The number of amides is 1. The van der Waals surface area contributed by atoms with E-state index in [9.17, 15) is 9.59 Å². The summed E-state index contributed by atoms with van der Waals surface area (Å²) in [5.41, 5.74) is 10.4. The lowest BCUT2D eigenvalue weighted by molar-refractivity contribution is 0.1000. The summed E-state index contributed by atoms with van der Waals surface area (Å²) < 4.78 is 1.49. The minimum atomic E-state index is -0.878. The van der Waals surface area contributed by atoms with E-state index in [1.807, 2.05) is 0 Å². The summed E-state index contributed by atoms with van der Waals surface area (Å²) in [6, 6.07) is 0. The van der Waals surface area contributed by atoms with Gasteiger partial charge >= 0.3 is 0 Å². The monoisotopic (exact) mass is 267 g/mol. The van der Waals surface area contributed by atoms with E-state index in [-0.39, 0.29) is 27.7 Å². The molecule has 94 valence electrons. The number of nitrogen functional groups attached to an aromatic ring is 1. The van der Waals surface area contributed by atoms with Gasteiger partial charge < -0.3 is 16.0 Å². The fourth-order valence-electron chi connectivity index (χ4n) is 1.78. The lowest BCUT2D eigenvalue weighted by Crippen LogP contribution is -2.28. The van der Waals surface area contributed by atoms with Crippen LogP contribution in [0.2, 0.25) is 5.28 Å². The van der Waals surface area contributed by atoms with E-state index in [1.54, 1.807) is 6.92 Å². The Bertz CT molecular complexity index is 709. The number of anilines is 1. The zero-order valence-corrected chi connectivity index (χ0v) is 10.2. The molecule has 2 rings (SSSR count). The first-order chi connectivity index (χ1) is 8.47. The summed E-state index contributed by atoms with van der Waals surface area (Å²) in [4.78, 5) is 31.0. The van der Waals surface area contributed by atoms with Crippen molar-refractivity contribution in [3.63, 3.8) is 0 Å². The van der Waals surface area contributed by atoms with Crippen molar-refractivity contribution < 1.29 is 4.79 Å². The zero-order valence-electron chi connectivity index (χ0n) is 9.48. The van der Waals surface area contributed by atoms with Crippen molar-refractivity contribution in [2.24, 2.45) is 5.73 Å². The van der Waals surface area contributed by atoms with Gasteiger partial charge in [0, 0.05) is 12.7 Å². The Morgan fingerprint density at radius 1 is 1.56 bits per heavy atom. The molecule has 0 atom stereocenters. The average molecular weight is 268 g/mol. The number of carbonyl (C=O) groups excluding carboxylic acids is 1. The fraction of sp³-hybridized carbons (Fsp3) is 0.200. The van der Waals surface area contributed by atoms with Crippen molar-refractivity contribution in [3.05, 3.63) is 27.3 Å². The molecule has 2 heterocycles. The lowest BCUT2D eigenvalue weighted by Gasteiger charge is -2.13. The second kappa shape index (κ2) is 4.26. The number of aromatic nitrogens is 3. The quantitative estimate of drug-likeness (QED) is 0.751. The maximum Gasteiger partial charge on any atom is 0.256 e. The summed E-state index contributed by atoms with van der Waals surface area (Å²) in [5, 5.41) is 0.152. The minimum absolute atomic E-state index is 0.00433. The predicted octanol–water partition coefficient (Wildman–Crippen LogP) is 0.146. The van der Waals surface area contributed by atoms with Crippen molar-refractivity contribution in [3.8, 4) is 0 Å². The Morgan fingerprint density at radius 3 is 2.78 bits per heavy atom. The van der Waals surface area contributed by atoms with Gasteiger partial charge in [-0.25, -0.2) is 4.98 Å². The number of rotatable bonds is 2. The van der Waals surface area contributed by atoms with E-state index in [4.69, 9.17) is 23.1 Å². The molecule has 4 N–H and O–H groups in total. The molecule has 0 bridgehead atoms. The number of fused-ring (bicyclic) bond motifs is 1. The molecule has 2 aromatic heterocycles. The van der Waals surface area contributed by atoms with Crippen LogP contribution in [0.5, 0.6) is 0 Å². The van der Waals surface area contributed by atoms with Gasteiger partial charge in [0.1, 0.15) is 17.0 Å². The summed E-state index contributed by atoms with van der Waals surface area (Å²) >= 11 is 5.68. The Labute approximate surface area is 106 Å². The first kappa shape index (κ1) is 12.3. The third kappa shape index (κ3) is 1.68. The largest absolute Gasteiger partial charge is 0.384 e. The number of nitrogens with two attached hydrogens (primary N) is 2. The third-order valence-corrected chi connectivity index (χ3v) is 2.76. The minimum Gasteiger partial charge on any atom is -0.384 e. The normalized spacial score (nSPS) is 10.8. The van der Waals surface area contributed by atoms with Gasteiger partial charge in [-0.3, -0.25) is 9.59 Å². The highest BCUT2D eigenvalue weighted by atomic mass is 35.5. The summed E-state index contributed by atoms with van der Waals surface area (Å²) in [6.07, 6.45) is 1.25. The number of primary amides is 1. The van der Waals surface area contributed by atoms with Crippen molar-refractivity contribution in [2.75, 3.05) is 5.73 Å². The highest BCUT2D eigenvalue weighted by Gasteiger charge is 2.19. The number of hydrogen-bond donors (Lipinski definition) is 2. The van der Waals surface area contributed by atoms with Crippen LogP contribution < -0.4 is 16.9 Å². The first-order valence-electron chi connectivity index (χ1n) is 5.11. The van der Waals surface area contributed by atoms with Crippen LogP contribution in [0.3, 0.4) is 0 Å². The molecule has 0 saturated heterocycles. The van der Waals surface area contributed by atoms with Crippen LogP contribution in [0.15, 0.2) is 11.0 Å². The molecule has 0 aromatic carbocycles. The van der Waals surface area contributed by atoms with Crippen LogP contribution in [-0.2, 0) is 6.54 Å². The second-order valence-corrected chi connectivity index (χ2v) is 3.91. The van der Waals surface area contributed by atoms with Gasteiger partial charge in [0.25, 0.3) is 5.91 Å². The van der Waals surface area contributed by atoms with Crippen molar-refractivity contribution >= 4 is 34.4 Å². The molecule has 0 aliphatic carbocycles. The molecular formula is C10H10ClN5O2. The smallest absolute Gasteiger partial charge is 0.256 e. The molecule has 0 saturated carbocycles. The maximum absolute atomic E-state index is 12.1. The van der Waals surface area contributed by atoms with Crippen LogP contribution in [0.1, 0.15) is 17.3 Å². The predicted molar refractivity (Wildman–Crippen MR) is 67.4 cm³/mol. The van der Waals surface area contributed by atoms with E-state index in [2.05, 4.69) is 9.97 Å². The molecular weight excluding hydrogens is 258 g/mol. The summed E-state index contributed by atoms with van der Waals surface area (Å²) in [7, 11) is 0. The molecule has 0 aliphatic rings. The second-order valence-electron chi connectivity index (χ2n) is 3.57. The van der Waals surface area contributed by atoms with E-state index in [0.717, 1.165) is 0 Å². The maximum atomic E-state index is 12.1. The standard InChI is InChI=1S/C10H10ClN5O2/c1-2-16-7(12)5(8(13)18)6(17)4-3-14-10(11)15-9(4)16/h3H,2,12H2,1H3,(H2,13,18). The summed E-state index contributed by atoms with van der Waals surface area (Å²) in [6.45, 7) is 2.21. The number of nitrogens with zero attached hydrogens (tertiary/aromatic N) is 3. The number of pyridine rings is 1. The van der Waals surface area contributed by atoms with Gasteiger partial charge in [0.15, 0.2) is 0 Å². The van der Waals surface area contributed by atoms with Crippen LogP contribution in [-0.4, -0.2) is 20.4 Å². The SMILES string of the molecule is CCn1c(N)c(C(N)=O)c(=O)c2cnc(Cl)nc21. The zero-order chi connectivity index (χ0) is 13.4. The number of halogens is 1. The van der Waals surface area contributed by atoms with Crippen molar-refractivity contribution in [1.29, 1.82) is 0 Å². The Kier molecular flexibility index (Phi) is 2.92. The molecule has 8 heteroatoms. The number of hydrogen-bond acceptors (Lipinski definition) is 5. The van der Waals surface area contributed by atoms with Crippen LogP contribution in [0, 0.1) is 0 Å². The Balaban J connectivity index is 3.05. The van der Waals surface area contributed by atoms with Gasteiger partial charge in [-0.1, -0.05) is 0 Å². The van der Waals surface area contributed by atoms with Gasteiger partial charge in [-0.15, -0.1) is 0 Å². The molecule has 7 nitrogen and oxygen atoms in total. The Morgan fingerprint density at radius 2 is 2.22 bits per heavy atom. The molecule has 1 amide bonds. The number of carbonyl (C=O) groups is 1.